The molecule has 1 aromatic rings. The maximum absolute atomic E-state index is 12.9. The Morgan fingerprint density at radius 2 is 1.12 bits per heavy atom. The van der Waals surface area contributed by atoms with E-state index in [1.807, 2.05) is 27.7 Å². The van der Waals surface area contributed by atoms with Crippen LogP contribution in [-0.2, 0) is 9.47 Å². The number of unbranched alkanes of at least 4 members (excludes halogenated alkanes) is 2. The molecule has 2 atom stereocenters. The van der Waals surface area contributed by atoms with Crippen molar-refractivity contribution in [2.75, 3.05) is 0 Å². The normalized spacial score (nSPS) is 14.0. The Bertz CT molecular complexity index is 663. The summed E-state index contributed by atoms with van der Waals surface area (Å²) < 4.78 is 11.8. The van der Waals surface area contributed by atoms with Gasteiger partial charge < -0.3 is 9.47 Å². The van der Waals surface area contributed by atoms with Gasteiger partial charge in [-0.2, -0.15) is 0 Å². The predicted molar refractivity (Wildman–Crippen MR) is 132 cm³/mol. The van der Waals surface area contributed by atoms with E-state index >= 15 is 0 Å². The average Bonchev–Trinajstić information content (AvgIpc) is 2.73. The van der Waals surface area contributed by atoms with Gasteiger partial charge in [-0.15, -0.1) is 0 Å². The minimum Gasteiger partial charge on any atom is -0.456 e. The van der Waals surface area contributed by atoms with Gasteiger partial charge in [0.1, 0.15) is 11.2 Å². The largest absolute Gasteiger partial charge is 0.456 e. The number of hydrogen-bond donors (Lipinski definition) is 0. The van der Waals surface area contributed by atoms with E-state index in [0.717, 1.165) is 51.4 Å². The van der Waals surface area contributed by atoms with Crippen molar-refractivity contribution in [3.05, 3.63) is 35.4 Å². The zero-order valence-corrected chi connectivity index (χ0v) is 21.8. The van der Waals surface area contributed by atoms with Gasteiger partial charge in [0.05, 0.1) is 11.1 Å². The second-order valence-electron chi connectivity index (χ2n) is 10.1. The van der Waals surface area contributed by atoms with Crippen molar-refractivity contribution < 1.29 is 19.1 Å². The third-order valence-corrected chi connectivity index (χ3v) is 6.81. The lowest BCUT2D eigenvalue weighted by molar-refractivity contribution is -0.0334. The van der Waals surface area contributed by atoms with Crippen LogP contribution >= 0.6 is 0 Å². The number of ether oxygens (including phenoxy) is 2. The summed E-state index contributed by atoms with van der Waals surface area (Å²) in [4.78, 5) is 25.8. The maximum Gasteiger partial charge on any atom is 0.338 e. The highest BCUT2D eigenvalue weighted by Gasteiger charge is 2.34. The minimum atomic E-state index is -0.562. The summed E-state index contributed by atoms with van der Waals surface area (Å²) in [5.74, 6) is -0.189. The molecule has 182 valence electrons. The highest BCUT2D eigenvalue weighted by Crippen LogP contribution is 2.31. The molecule has 0 bridgehead atoms. The van der Waals surface area contributed by atoms with Crippen LogP contribution in [0.3, 0.4) is 0 Å². The Balaban J connectivity index is 2.93. The fourth-order valence-electron chi connectivity index (χ4n) is 4.52. The number of carbonyl (C=O) groups excluding carboxylic acids is 2. The minimum absolute atomic E-state index is 0.300. The highest BCUT2D eigenvalue weighted by molar-refractivity contribution is 5.95. The standard InChI is InChI=1S/C28H46O4/c1-9-13-18-23(11-3)27(5,6)31-25(29)21-16-15-17-22(20-21)26(30)32-28(7,8)24(12-4)19-14-10-2/h15-17,20,23-24H,9-14,18-19H2,1-8H3. The van der Waals surface area contributed by atoms with Crippen LogP contribution in [0.4, 0.5) is 0 Å². The van der Waals surface area contributed by atoms with Crippen LogP contribution in [-0.4, -0.2) is 23.1 Å². The first-order valence-corrected chi connectivity index (χ1v) is 12.6. The third-order valence-electron chi connectivity index (χ3n) is 6.81. The molecule has 0 radical (unpaired) electrons. The molecule has 1 aromatic carbocycles. The van der Waals surface area contributed by atoms with Gasteiger partial charge in [0, 0.05) is 0 Å². The average molecular weight is 447 g/mol. The molecular formula is C28H46O4. The van der Waals surface area contributed by atoms with Crippen molar-refractivity contribution in [3.63, 3.8) is 0 Å². The number of benzene rings is 1. The van der Waals surface area contributed by atoms with Gasteiger partial charge >= 0.3 is 11.9 Å². The van der Waals surface area contributed by atoms with Gasteiger partial charge in [0.2, 0.25) is 0 Å². The van der Waals surface area contributed by atoms with Crippen LogP contribution in [0.15, 0.2) is 24.3 Å². The molecule has 0 aliphatic rings. The Kier molecular flexibility index (Phi) is 11.5. The first-order chi connectivity index (χ1) is 15.0. The van der Waals surface area contributed by atoms with Gasteiger partial charge in [-0.25, -0.2) is 9.59 Å². The zero-order chi connectivity index (χ0) is 24.4. The van der Waals surface area contributed by atoms with E-state index in [0.29, 0.717) is 23.0 Å². The Morgan fingerprint density at radius 1 is 0.750 bits per heavy atom. The van der Waals surface area contributed by atoms with Crippen LogP contribution in [0, 0.1) is 11.8 Å². The molecule has 0 aromatic heterocycles. The molecule has 0 amide bonds. The van der Waals surface area contributed by atoms with Crippen LogP contribution in [0.5, 0.6) is 0 Å². The molecule has 2 unspecified atom stereocenters. The quantitative estimate of drug-likeness (QED) is 0.272. The Hall–Kier alpha value is -1.84. The molecule has 4 heteroatoms. The van der Waals surface area contributed by atoms with Crippen LogP contribution in [0.2, 0.25) is 0 Å². The fraction of sp³-hybridized carbons (Fsp3) is 0.714. The maximum atomic E-state index is 12.9. The molecule has 0 heterocycles. The number of rotatable bonds is 14. The second kappa shape index (κ2) is 13.0. The van der Waals surface area contributed by atoms with Crippen molar-refractivity contribution >= 4 is 11.9 Å². The van der Waals surface area contributed by atoms with Crippen molar-refractivity contribution in [1.82, 2.24) is 0 Å². The molecule has 0 spiro atoms. The van der Waals surface area contributed by atoms with E-state index < -0.39 is 23.1 Å². The van der Waals surface area contributed by atoms with Crippen molar-refractivity contribution in [2.24, 2.45) is 11.8 Å². The van der Waals surface area contributed by atoms with Crippen LogP contribution in [0.25, 0.3) is 0 Å². The summed E-state index contributed by atoms with van der Waals surface area (Å²) in [6, 6.07) is 6.71. The first-order valence-electron chi connectivity index (χ1n) is 12.6. The van der Waals surface area contributed by atoms with Gasteiger partial charge in [0.15, 0.2) is 0 Å². The van der Waals surface area contributed by atoms with E-state index in [4.69, 9.17) is 9.47 Å². The van der Waals surface area contributed by atoms with E-state index in [9.17, 15) is 9.59 Å². The lowest BCUT2D eigenvalue weighted by Gasteiger charge is -2.34. The van der Waals surface area contributed by atoms with Crippen molar-refractivity contribution in [3.8, 4) is 0 Å². The Labute approximate surface area is 196 Å². The topological polar surface area (TPSA) is 52.6 Å². The van der Waals surface area contributed by atoms with Crippen LogP contribution < -0.4 is 0 Å². The summed E-state index contributed by atoms with van der Waals surface area (Å²) in [5, 5.41) is 0. The smallest absolute Gasteiger partial charge is 0.338 e. The van der Waals surface area contributed by atoms with Gasteiger partial charge in [-0.05, 0) is 83.4 Å². The SMILES string of the molecule is CCCCC(CC)C(C)(C)OC(=O)c1cccc(C(=O)OC(C)(C)C(CC)CCCC)c1. The molecular weight excluding hydrogens is 400 g/mol. The lowest BCUT2D eigenvalue weighted by Crippen LogP contribution is -2.37. The number of esters is 2. The zero-order valence-electron chi connectivity index (χ0n) is 21.8. The molecule has 4 nitrogen and oxygen atoms in total. The molecule has 0 N–H and O–H groups in total. The summed E-state index contributed by atoms with van der Waals surface area (Å²) >= 11 is 0. The predicted octanol–water partition coefficient (Wildman–Crippen LogP) is 7.99. The van der Waals surface area contributed by atoms with E-state index in [1.165, 1.54) is 0 Å². The molecule has 1 rings (SSSR count). The summed E-state index contributed by atoms with van der Waals surface area (Å²) in [7, 11) is 0. The first kappa shape index (κ1) is 28.2. The number of carbonyl (C=O) groups is 2. The van der Waals surface area contributed by atoms with E-state index in [-0.39, 0.29) is 0 Å². The molecule has 0 fully saturated rings. The fourth-order valence-corrected chi connectivity index (χ4v) is 4.52. The molecule has 0 saturated heterocycles. The summed E-state index contributed by atoms with van der Waals surface area (Å²) in [6.07, 6.45) is 8.46. The van der Waals surface area contributed by atoms with Crippen molar-refractivity contribution in [1.29, 1.82) is 0 Å². The molecule has 0 aliphatic carbocycles. The third kappa shape index (κ3) is 8.26. The summed E-state index contributed by atoms with van der Waals surface area (Å²) in [5.41, 5.74) is -0.359. The lowest BCUT2D eigenvalue weighted by atomic mass is 9.84. The van der Waals surface area contributed by atoms with Crippen LogP contribution in [0.1, 0.15) is 127 Å². The van der Waals surface area contributed by atoms with Gasteiger partial charge in [0.25, 0.3) is 0 Å². The van der Waals surface area contributed by atoms with Gasteiger partial charge in [-0.1, -0.05) is 59.4 Å². The molecule has 0 saturated carbocycles. The van der Waals surface area contributed by atoms with Crippen molar-refractivity contribution in [2.45, 2.75) is 118 Å². The molecule has 32 heavy (non-hydrogen) atoms. The highest BCUT2D eigenvalue weighted by atomic mass is 16.6. The van der Waals surface area contributed by atoms with Gasteiger partial charge in [-0.3, -0.25) is 0 Å². The van der Waals surface area contributed by atoms with E-state index in [1.54, 1.807) is 24.3 Å². The molecule has 0 aliphatic heterocycles. The number of hydrogen-bond acceptors (Lipinski definition) is 4. The Morgan fingerprint density at radius 3 is 1.44 bits per heavy atom. The second-order valence-corrected chi connectivity index (χ2v) is 10.1. The monoisotopic (exact) mass is 446 g/mol. The summed E-state index contributed by atoms with van der Waals surface area (Å²) in [6.45, 7) is 16.5. The van der Waals surface area contributed by atoms with E-state index in [2.05, 4.69) is 27.7 Å².